The van der Waals surface area contributed by atoms with E-state index in [1.54, 1.807) is 30.3 Å². The largest absolute Gasteiger partial charge is 0.484 e. The molecule has 11 heteroatoms. The predicted molar refractivity (Wildman–Crippen MR) is 134 cm³/mol. The second-order valence-corrected chi connectivity index (χ2v) is 9.15. The number of thioether (sulfide) groups is 1. The zero-order valence-corrected chi connectivity index (χ0v) is 19.8. The first kappa shape index (κ1) is 25.4. The molecule has 36 heavy (non-hydrogen) atoms. The van der Waals surface area contributed by atoms with Crippen molar-refractivity contribution < 1.29 is 31.9 Å². The molecule has 1 N–H and O–H groups in total. The van der Waals surface area contributed by atoms with Gasteiger partial charge in [-0.15, -0.1) is 0 Å². The number of amides is 2. The van der Waals surface area contributed by atoms with Crippen LogP contribution in [0, 0.1) is 5.82 Å². The van der Waals surface area contributed by atoms with Crippen molar-refractivity contribution in [1.82, 2.24) is 0 Å². The summed E-state index contributed by atoms with van der Waals surface area (Å²) < 4.78 is 57.3. The first-order valence-corrected chi connectivity index (χ1v) is 11.6. The van der Waals surface area contributed by atoms with Gasteiger partial charge in [0.2, 0.25) is 0 Å². The molecule has 0 unspecified atom stereocenters. The summed E-state index contributed by atoms with van der Waals surface area (Å²) in [6.45, 7) is -0.411. The Morgan fingerprint density at radius 3 is 2.42 bits per heavy atom. The minimum absolute atomic E-state index is 0.00623. The highest BCUT2D eigenvalue weighted by molar-refractivity contribution is 8.27. The van der Waals surface area contributed by atoms with Crippen LogP contribution in [0.1, 0.15) is 11.1 Å². The molecule has 0 bridgehead atoms. The van der Waals surface area contributed by atoms with Gasteiger partial charge < -0.3 is 10.1 Å². The Kier molecular flexibility index (Phi) is 7.41. The van der Waals surface area contributed by atoms with Crippen LogP contribution in [0.2, 0.25) is 0 Å². The van der Waals surface area contributed by atoms with Gasteiger partial charge in [-0.3, -0.25) is 14.5 Å². The molecule has 1 aliphatic heterocycles. The molecule has 4 rings (SSSR count). The van der Waals surface area contributed by atoms with Gasteiger partial charge >= 0.3 is 6.18 Å². The number of nitrogens with one attached hydrogen (secondary N) is 1. The fourth-order valence-corrected chi connectivity index (χ4v) is 4.51. The summed E-state index contributed by atoms with van der Waals surface area (Å²) in [6.07, 6.45) is -2.87. The monoisotopic (exact) mass is 532 g/mol. The molecule has 1 saturated heterocycles. The summed E-state index contributed by atoms with van der Waals surface area (Å²) in [5.41, 5.74) is 0.280. The van der Waals surface area contributed by atoms with Gasteiger partial charge in [0.05, 0.1) is 16.2 Å². The molecule has 0 saturated carbocycles. The van der Waals surface area contributed by atoms with E-state index in [9.17, 15) is 27.2 Å². The topological polar surface area (TPSA) is 58.6 Å². The van der Waals surface area contributed by atoms with Gasteiger partial charge in [-0.1, -0.05) is 42.2 Å². The fourth-order valence-electron chi connectivity index (χ4n) is 3.21. The van der Waals surface area contributed by atoms with E-state index in [1.807, 2.05) is 0 Å². The van der Waals surface area contributed by atoms with Crippen molar-refractivity contribution >= 4 is 57.6 Å². The van der Waals surface area contributed by atoms with Crippen LogP contribution in [0.5, 0.6) is 5.75 Å². The van der Waals surface area contributed by atoms with Crippen LogP contribution in [0.15, 0.2) is 77.7 Å². The van der Waals surface area contributed by atoms with Crippen molar-refractivity contribution in [3.05, 3.63) is 94.6 Å². The number of alkyl halides is 3. The third-order valence-corrected chi connectivity index (χ3v) is 6.20. The summed E-state index contributed by atoms with van der Waals surface area (Å²) in [6, 6.07) is 16.2. The van der Waals surface area contributed by atoms with E-state index in [2.05, 4.69) is 5.32 Å². The average molecular weight is 533 g/mol. The Labute approximate surface area is 212 Å². The maximum Gasteiger partial charge on any atom is 0.416 e. The van der Waals surface area contributed by atoms with Crippen LogP contribution in [-0.4, -0.2) is 22.7 Å². The Hall–Kier alpha value is -3.70. The summed E-state index contributed by atoms with van der Waals surface area (Å²) >= 11 is 6.42. The number of ether oxygens (including phenoxy) is 1. The van der Waals surface area contributed by atoms with Crippen molar-refractivity contribution in [3.63, 3.8) is 0 Å². The molecule has 2 amide bonds. The van der Waals surface area contributed by atoms with Crippen molar-refractivity contribution in [2.24, 2.45) is 0 Å². The highest BCUT2D eigenvalue weighted by Gasteiger charge is 2.33. The van der Waals surface area contributed by atoms with Crippen LogP contribution >= 0.6 is 24.0 Å². The SMILES string of the molecule is O=C(COc1ccc(/C=C2\SC(=S)N(c3ccc(F)cc3)C2=O)cc1)Nc1cccc(C(F)(F)F)c1. The van der Waals surface area contributed by atoms with Gasteiger partial charge in [-0.05, 0) is 66.2 Å². The number of hydrogen-bond donors (Lipinski definition) is 1. The molecule has 184 valence electrons. The summed E-state index contributed by atoms with van der Waals surface area (Å²) in [7, 11) is 0. The van der Waals surface area contributed by atoms with E-state index in [0.29, 0.717) is 26.2 Å². The number of rotatable bonds is 6. The number of thiocarbonyl (C=S) groups is 1. The van der Waals surface area contributed by atoms with E-state index in [4.69, 9.17) is 17.0 Å². The maximum atomic E-state index is 13.2. The average Bonchev–Trinajstić information content (AvgIpc) is 3.11. The quantitative estimate of drug-likeness (QED) is 0.231. The molecule has 0 spiro atoms. The second-order valence-electron chi connectivity index (χ2n) is 7.48. The van der Waals surface area contributed by atoms with Crippen molar-refractivity contribution in [3.8, 4) is 5.75 Å². The van der Waals surface area contributed by atoms with Gasteiger partial charge in [-0.2, -0.15) is 13.2 Å². The lowest BCUT2D eigenvalue weighted by Gasteiger charge is -2.14. The van der Waals surface area contributed by atoms with Crippen LogP contribution in [0.4, 0.5) is 28.9 Å². The predicted octanol–water partition coefficient (Wildman–Crippen LogP) is 6.27. The van der Waals surface area contributed by atoms with Gasteiger partial charge in [0.1, 0.15) is 11.6 Å². The minimum atomic E-state index is -4.51. The van der Waals surface area contributed by atoms with E-state index < -0.39 is 30.1 Å². The molecule has 0 atom stereocenters. The molecule has 3 aromatic rings. The van der Waals surface area contributed by atoms with Gasteiger partial charge in [0.15, 0.2) is 10.9 Å². The lowest BCUT2D eigenvalue weighted by molar-refractivity contribution is -0.137. The molecule has 1 aliphatic rings. The highest BCUT2D eigenvalue weighted by atomic mass is 32.2. The maximum absolute atomic E-state index is 13.2. The number of benzene rings is 3. The Balaban J connectivity index is 1.35. The number of halogens is 4. The van der Waals surface area contributed by atoms with Crippen LogP contribution in [0.25, 0.3) is 6.08 Å². The number of nitrogens with zero attached hydrogens (tertiary/aromatic N) is 1. The molecule has 0 radical (unpaired) electrons. The van der Waals surface area contributed by atoms with Gasteiger partial charge in [-0.25, -0.2) is 4.39 Å². The summed E-state index contributed by atoms with van der Waals surface area (Å²) in [4.78, 5) is 26.6. The summed E-state index contributed by atoms with van der Waals surface area (Å²) in [5, 5.41) is 2.36. The molecular weight excluding hydrogens is 516 g/mol. The Morgan fingerprint density at radius 1 is 1.06 bits per heavy atom. The smallest absolute Gasteiger partial charge is 0.416 e. The number of anilines is 2. The minimum Gasteiger partial charge on any atom is -0.484 e. The molecule has 0 aromatic heterocycles. The van der Waals surface area contributed by atoms with Crippen LogP contribution in [0.3, 0.4) is 0 Å². The molecule has 0 aliphatic carbocycles. The van der Waals surface area contributed by atoms with Gasteiger partial charge in [0, 0.05) is 5.69 Å². The summed E-state index contributed by atoms with van der Waals surface area (Å²) in [5.74, 6) is -1.02. The van der Waals surface area contributed by atoms with E-state index >= 15 is 0 Å². The number of carbonyl (C=O) groups is 2. The third kappa shape index (κ3) is 6.10. The second kappa shape index (κ2) is 10.5. The number of hydrogen-bond acceptors (Lipinski definition) is 5. The molecule has 5 nitrogen and oxygen atoms in total. The molecular formula is C25H16F4N2O3S2. The van der Waals surface area contributed by atoms with E-state index in [-0.39, 0.29) is 11.6 Å². The Bertz CT molecular complexity index is 1340. The fraction of sp³-hybridized carbons (Fsp3) is 0.0800. The van der Waals surface area contributed by atoms with Gasteiger partial charge in [0.25, 0.3) is 11.8 Å². The van der Waals surface area contributed by atoms with Crippen molar-refractivity contribution in [2.45, 2.75) is 6.18 Å². The lowest BCUT2D eigenvalue weighted by Crippen LogP contribution is -2.27. The standard InChI is InChI=1S/C25H16F4N2O3S2/c26-17-6-8-19(9-7-17)31-23(33)21(36-24(31)35)12-15-4-10-20(11-5-15)34-14-22(32)30-18-3-1-2-16(13-18)25(27,28)29/h1-13H,14H2,(H,30,32)/b21-12-. The first-order chi connectivity index (χ1) is 17.1. The van der Waals surface area contributed by atoms with Crippen LogP contribution in [-0.2, 0) is 15.8 Å². The zero-order valence-electron chi connectivity index (χ0n) is 18.2. The van der Waals surface area contributed by atoms with E-state index in [1.165, 1.54) is 41.3 Å². The van der Waals surface area contributed by atoms with Crippen LogP contribution < -0.4 is 15.0 Å². The highest BCUT2D eigenvalue weighted by Crippen LogP contribution is 2.36. The van der Waals surface area contributed by atoms with Crippen molar-refractivity contribution in [2.75, 3.05) is 16.8 Å². The van der Waals surface area contributed by atoms with Crippen molar-refractivity contribution in [1.29, 1.82) is 0 Å². The normalized spacial score (nSPS) is 14.9. The Morgan fingerprint density at radius 2 is 1.75 bits per heavy atom. The molecule has 1 fully saturated rings. The molecule has 3 aromatic carbocycles. The molecule has 1 heterocycles. The van der Waals surface area contributed by atoms with E-state index in [0.717, 1.165) is 23.9 Å². The first-order valence-electron chi connectivity index (χ1n) is 10.3. The third-order valence-electron chi connectivity index (χ3n) is 4.90. The number of carbonyl (C=O) groups excluding carboxylic acids is 2. The lowest BCUT2D eigenvalue weighted by atomic mass is 10.2. The zero-order chi connectivity index (χ0) is 25.9.